The molecule has 0 saturated heterocycles. The van der Waals surface area contributed by atoms with Crippen molar-refractivity contribution >= 4 is 12.1 Å². The average Bonchev–Trinajstić information content (AvgIpc) is 2.28. The van der Waals surface area contributed by atoms with Crippen LogP contribution in [-0.2, 0) is 14.3 Å². The summed E-state index contributed by atoms with van der Waals surface area (Å²) in [5, 5.41) is 5.86. The maximum atomic E-state index is 11.3. The smallest absolute Gasteiger partial charge is 0.407 e. The average molecular weight is 286 g/mol. The molecule has 0 aromatic rings. The fraction of sp³-hybridized carbons (Fsp3) is 0.714. The molecule has 0 aliphatic rings. The Morgan fingerprint density at radius 3 is 2.45 bits per heavy atom. The van der Waals surface area contributed by atoms with Gasteiger partial charge in [-0.25, -0.2) is 4.79 Å². The Labute approximate surface area is 120 Å². The van der Waals surface area contributed by atoms with Crippen molar-refractivity contribution in [2.45, 2.75) is 39.7 Å². The molecular weight excluding hydrogens is 260 g/mol. The highest BCUT2D eigenvalue weighted by Gasteiger charge is 2.15. The third-order valence-electron chi connectivity index (χ3n) is 2.01. The largest absolute Gasteiger partial charge is 0.462 e. The Morgan fingerprint density at radius 2 is 1.85 bits per heavy atom. The van der Waals surface area contributed by atoms with Gasteiger partial charge in [-0.05, 0) is 39.8 Å². The molecule has 0 saturated carbocycles. The van der Waals surface area contributed by atoms with E-state index in [1.54, 1.807) is 6.08 Å². The van der Waals surface area contributed by atoms with Crippen LogP contribution >= 0.6 is 0 Å². The molecule has 20 heavy (non-hydrogen) atoms. The lowest BCUT2D eigenvalue weighted by atomic mass is 10.2. The van der Waals surface area contributed by atoms with Gasteiger partial charge in [-0.2, -0.15) is 0 Å². The highest BCUT2D eigenvalue weighted by Crippen LogP contribution is 2.06. The molecule has 0 fully saturated rings. The van der Waals surface area contributed by atoms with E-state index in [1.807, 2.05) is 26.8 Å². The minimum Gasteiger partial charge on any atom is -0.462 e. The fourth-order valence-corrected chi connectivity index (χ4v) is 1.22. The van der Waals surface area contributed by atoms with Crippen molar-refractivity contribution in [1.29, 1.82) is 0 Å². The first-order valence-electron chi connectivity index (χ1n) is 6.77. The zero-order valence-corrected chi connectivity index (χ0v) is 12.8. The number of carbonyl (C=O) groups excluding carboxylic acids is 2. The van der Waals surface area contributed by atoms with Crippen molar-refractivity contribution in [3.63, 3.8) is 0 Å². The minimum atomic E-state index is -0.463. The van der Waals surface area contributed by atoms with Crippen LogP contribution in [0.1, 0.15) is 34.1 Å². The van der Waals surface area contributed by atoms with E-state index in [1.165, 1.54) is 6.92 Å². The number of rotatable bonds is 8. The quantitative estimate of drug-likeness (QED) is 0.403. The van der Waals surface area contributed by atoms with Crippen LogP contribution in [0, 0.1) is 0 Å². The molecule has 6 heteroatoms. The number of ether oxygens (including phenoxy) is 2. The first-order valence-corrected chi connectivity index (χ1v) is 6.77. The first-order chi connectivity index (χ1) is 9.31. The van der Waals surface area contributed by atoms with Crippen LogP contribution in [0.2, 0.25) is 0 Å². The van der Waals surface area contributed by atoms with Gasteiger partial charge in [0.2, 0.25) is 0 Å². The van der Waals surface area contributed by atoms with Crippen molar-refractivity contribution in [3.8, 4) is 0 Å². The maximum absolute atomic E-state index is 11.3. The van der Waals surface area contributed by atoms with Crippen LogP contribution in [0.5, 0.6) is 0 Å². The van der Waals surface area contributed by atoms with Crippen molar-refractivity contribution in [1.82, 2.24) is 10.6 Å². The normalized spacial score (nSPS) is 11.4. The van der Waals surface area contributed by atoms with Crippen LogP contribution < -0.4 is 10.6 Å². The highest BCUT2D eigenvalue weighted by atomic mass is 16.6. The van der Waals surface area contributed by atoms with E-state index in [0.29, 0.717) is 19.7 Å². The molecule has 0 bridgehead atoms. The van der Waals surface area contributed by atoms with Gasteiger partial charge in [0.25, 0.3) is 0 Å². The Hall–Kier alpha value is -1.56. The van der Waals surface area contributed by atoms with Crippen LogP contribution in [-0.4, -0.2) is 43.9 Å². The SMILES string of the molecule is CC(=O)OC/C=C/CNCCCNC(=O)OC(C)(C)C. The Morgan fingerprint density at radius 1 is 1.15 bits per heavy atom. The number of carbonyl (C=O) groups is 2. The van der Waals surface area contributed by atoms with Gasteiger partial charge in [0.1, 0.15) is 12.2 Å². The predicted molar refractivity (Wildman–Crippen MR) is 77.5 cm³/mol. The van der Waals surface area contributed by atoms with Crippen LogP contribution in [0.4, 0.5) is 4.79 Å². The number of hydrogen-bond donors (Lipinski definition) is 2. The molecule has 0 rings (SSSR count). The van der Waals surface area contributed by atoms with E-state index in [0.717, 1.165) is 13.0 Å². The van der Waals surface area contributed by atoms with E-state index >= 15 is 0 Å². The molecule has 116 valence electrons. The molecule has 0 radical (unpaired) electrons. The summed E-state index contributed by atoms with van der Waals surface area (Å²) in [7, 11) is 0. The monoisotopic (exact) mass is 286 g/mol. The van der Waals surface area contributed by atoms with Crippen molar-refractivity contribution in [2.24, 2.45) is 0 Å². The maximum Gasteiger partial charge on any atom is 0.407 e. The molecule has 6 nitrogen and oxygen atoms in total. The molecule has 0 heterocycles. The van der Waals surface area contributed by atoms with E-state index < -0.39 is 11.7 Å². The van der Waals surface area contributed by atoms with Crippen molar-refractivity contribution in [2.75, 3.05) is 26.2 Å². The number of alkyl carbamates (subject to hydrolysis) is 1. The lowest BCUT2D eigenvalue weighted by Crippen LogP contribution is -2.33. The van der Waals surface area contributed by atoms with E-state index in [9.17, 15) is 9.59 Å². The second-order valence-corrected chi connectivity index (χ2v) is 5.26. The lowest BCUT2D eigenvalue weighted by Gasteiger charge is -2.19. The fourth-order valence-electron chi connectivity index (χ4n) is 1.22. The van der Waals surface area contributed by atoms with Crippen molar-refractivity contribution in [3.05, 3.63) is 12.2 Å². The summed E-state index contributed by atoms with van der Waals surface area (Å²) < 4.78 is 9.84. The van der Waals surface area contributed by atoms with Gasteiger partial charge in [0.05, 0.1) is 0 Å². The Kier molecular flexibility index (Phi) is 9.45. The molecule has 0 aliphatic carbocycles. The van der Waals surface area contributed by atoms with Gasteiger partial charge in [-0.3, -0.25) is 4.79 Å². The highest BCUT2D eigenvalue weighted by molar-refractivity contribution is 5.67. The Bertz CT molecular complexity index is 322. The van der Waals surface area contributed by atoms with E-state index in [2.05, 4.69) is 10.6 Å². The zero-order valence-electron chi connectivity index (χ0n) is 12.8. The van der Waals surface area contributed by atoms with Gasteiger partial charge in [-0.1, -0.05) is 6.08 Å². The van der Waals surface area contributed by atoms with Gasteiger partial charge in [-0.15, -0.1) is 0 Å². The summed E-state index contributed by atoms with van der Waals surface area (Å²) in [6.07, 6.45) is 4.10. The molecule has 0 unspecified atom stereocenters. The lowest BCUT2D eigenvalue weighted by molar-refractivity contribution is -0.139. The standard InChI is InChI=1S/C14H26N2O4/c1-12(17)19-11-6-5-8-15-9-7-10-16-13(18)20-14(2,3)4/h5-6,15H,7-11H2,1-4H3,(H,16,18)/b6-5+. The number of esters is 1. The van der Waals surface area contributed by atoms with Crippen molar-refractivity contribution < 1.29 is 19.1 Å². The predicted octanol–water partition coefficient (Wildman–Crippen LogP) is 1.61. The molecule has 2 N–H and O–H groups in total. The molecule has 0 aromatic carbocycles. The Balaban J connectivity index is 3.36. The second kappa shape index (κ2) is 10.3. The van der Waals surface area contributed by atoms with E-state index in [-0.39, 0.29) is 5.97 Å². The number of nitrogens with one attached hydrogen (secondary N) is 2. The summed E-state index contributed by atoms with van der Waals surface area (Å²) in [6, 6.07) is 0. The minimum absolute atomic E-state index is 0.282. The zero-order chi connectivity index (χ0) is 15.4. The van der Waals surface area contributed by atoms with Crippen LogP contribution in [0.3, 0.4) is 0 Å². The summed E-state index contributed by atoms with van der Waals surface area (Å²) >= 11 is 0. The van der Waals surface area contributed by atoms with Gasteiger partial charge in [0, 0.05) is 20.0 Å². The van der Waals surface area contributed by atoms with E-state index in [4.69, 9.17) is 9.47 Å². The third-order valence-corrected chi connectivity index (χ3v) is 2.01. The number of amides is 1. The summed E-state index contributed by atoms with van der Waals surface area (Å²) in [4.78, 5) is 21.8. The molecule has 1 amide bonds. The van der Waals surface area contributed by atoms with Gasteiger partial charge in [0.15, 0.2) is 0 Å². The summed E-state index contributed by atoms with van der Waals surface area (Å²) in [5.74, 6) is -0.282. The molecule has 0 atom stereocenters. The van der Waals surface area contributed by atoms with Gasteiger partial charge >= 0.3 is 12.1 Å². The van der Waals surface area contributed by atoms with Crippen LogP contribution in [0.25, 0.3) is 0 Å². The molecule has 0 aromatic heterocycles. The van der Waals surface area contributed by atoms with Gasteiger partial charge < -0.3 is 20.1 Å². The summed E-state index contributed by atoms with van der Waals surface area (Å²) in [5.41, 5.74) is -0.463. The first kappa shape index (κ1) is 18.4. The molecular formula is C14H26N2O4. The molecule has 0 aliphatic heterocycles. The molecule has 0 spiro atoms. The number of hydrogen-bond acceptors (Lipinski definition) is 5. The second-order valence-electron chi connectivity index (χ2n) is 5.26. The topological polar surface area (TPSA) is 76.7 Å². The van der Waals surface area contributed by atoms with Crippen LogP contribution in [0.15, 0.2) is 12.2 Å². The third kappa shape index (κ3) is 14.5. The summed E-state index contributed by atoms with van der Waals surface area (Å²) in [6.45, 7) is 9.23.